The summed E-state index contributed by atoms with van der Waals surface area (Å²) in [5.74, 6) is -1.10. The minimum absolute atomic E-state index is 0.0148. The summed E-state index contributed by atoms with van der Waals surface area (Å²) in [6, 6.07) is 3.83. The van der Waals surface area contributed by atoms with E-state index in [4.69, 9.17) is 4.74 Å². The van der Waals surface area contributed by atoms with Crippen molar-refractivity contribution >= 4 is 0 Å². The van der Waals surface area contributed by atoms with Gasteiger partial charge in [0, 0.05) is 6.61 Å². The molecule has 0 bridgehead atoms. The van der Waals surface area contributed by atoms with Gasteiger partial charge in [0.25, 0.3) is 0 Å². The lowest BCUT2D eigenvalue weighted by Crippen LogP contribution is -2.06. The Labute approximate surface area is 82.7 Å². The molecule has 0 aliphatic rings. The smallest absolute Gasteiger partial charge is 0.131 e. The summed E-state index contributed by atoms with van der Waals surface area (Å²) in [5.41, 5.74) is 0.0148. The Morgan fingerprint density at radius 2 is 1.86 bits per heavy atom. The van der Waals surface area contributed by atoms with Gasteiger partial charge in [-0.1, -0.05) is 13.0 Å². The van der Waals surface area contributed by atoms with Crippen LogP contribution in [0.25, 0.3) is 0 Å². The molecule has 78 valence electrons. The lowest BCUT2D eigenvalue weighted by molar-refractivity contribution is 0.0612. The first-order chi connectivity index (χ1) is 6.66. The van der Waals surface area contributed by atoms with Crippen molar-refractivity contribution < 1.29 is 13.5 Å². The van der Waals surface area contributed by atoms with Crippen LogP contribution in [-0.4, -0.2) is 6.61 Å². The molecule has 0 amide bonds. The Balaban J connectivity index is 2.82. The highest BCUT2D eigenvalue weighted by atomic mass is 19.1. The van der Waals surface area contributed by atoms with E-state index in [-0.39, 0.29) is 5.56 Å². The SMILES string of the molecule is CCCOC(C)c1c(F)cccc1F. The van der Waals surface area contributed by atoms with E-state index < -0.39 is 17.7 Å². The fourth-order valence-corrected chi connectivity index (χ4v) is 1.28. The number of halogens is 2. The van der Waals surface area contributed by atoms with E-state index in [0.717, 1.165) is 6.42 Å². The van der Waals surface area contributed by atoms with Crippen molar-refractivity contribution in [3.05, 3.63) is 35.4 Å². The Bertz CT molecular complexity index is 279. The Hall–Kier alpha value is -0.960. The Kier molecular flexibility index (Phi) is 4.01. The van der Waals surface area contributed by atoms with E-state index in [0.29, 0.717) is 6.61 Å². The first-order valence-corrected chi connectivity index (χ1v) is 4.72. The van der Waals surface area contributed by atoms with Crippen LogP contribution in [0.1, 0.15) is 31.9 Å². The molecule has 0 aliphatic heterocycles. The van der Waals surface area contributed by atoms with Gasteiger partial charge in [-0.05, 0) is 25.5 Å². The molecule has 0 heterocycles. The molecule has 0 spiro atoms. The largest absolute Gasteiger partial charge is 0.374 e. The molecule has 14 heavy (non-hydrogen) atoms. The molecule has 0 radical (unpaired) electrons. The van der Waals surface area contributed by atoms with Crippen molar-refractivity contribution in [3.63, 3.8) is 0 Å². The predicted octanol–water partition coefficient (Wildman–Crippen LogP) is 3.45. The molecule has 0 N–H and O–H groups in total. The molecule has 3 heteroatoms. The summed E-state index contributed by atoms with van der Waals surface area (Å²) in [5, 5.41) is 0. The molecular formula is C11H14F2O. The van der Waals surface area contributed by atoms with Crippen LogP contribution in [0.4, 0.5) is 8.78 Å². The summed E-state index contributed by atoms with van der Waals surface area (Å²) in [6.45, 7) is 4.11. The van der Waals surface area contributed by atoms with Gasteiger partial charge in [-0.15, -0.1) is 0 Å². The number of hydrogen-bond donors (Lipinski definition) is 0. The van der Waals surface area contributed by atoms with E-state index in [2.05, 4.69) is 0 Å². The molecule has 0 saturated heterocycles. The maximum atomic E-state index is 13.2. The highest BCUT2D eigenvalue weighted by Crippen LogP contribution is 2.23. The lowest BCUT2D eigenvalue weighted by Gasteiger charge is -2.14. The molecule has 0 aliphatic carbocycles. The lowest BCUT2D eigenvalue weighted by atomic mass is 10.1. The number of benzene rings is 1. The monoisotopic (exact) mass is 200 g/mol. The van der Waals surface area contributed by atoms with Crippen LogP contribution in [0.5, 0.6) is 0 Å². The first kappa shape index (κ1) is 11.1. The first-order valence-electron chi connectivity index (χ1n) is 4.72. The van der Waals surface area contributed by atoms with Gasteiger partial charge in [-0.3, -0.25) is 0 Å². The van der Waals surface area contributed by atoms with Gasteiger partial charge in [0.05, 0.1) is 11.7 Å². The van der Waals surface area contributed by atoms with Gasteiger partial charge >= 0.3 is 0 Å². The molecule has 0 saturated carbocycles. The summed E-state index contributed by atoms with van der Waals surface area (Å²) in [6.07, 6.45) is 0.302. The predicted molar refractivity (Wildman–Crippen MR) is 51.0 cm³/mol. The second kappa shape index (κ2) is 5.05. The second-order valence-electron chi connectivity index (χ2n) is 3.15. The highest BCUT2D eigenvalue weighted by molar-refractivity contribution is 5.21. The van der Waals surface area contributed by atoms with Crippen molar-refractivity contribution in [2.45, 2.75) is 26.4 Å². The number of ether oxygens (including phenoxy) is 1. The second-order valence-corrected chi connectivity index (χ2v) is 3.15. The molecule has 1 nitrogen and oxygen atoms in total. The minimum Gasteiger partial charge on any atom is -0.374 e. The van der Waals surface area contributed by atoms with Gasteiger partial charge in [-0.25, -0.2) is 8.78 Å². The zero-order chi connectivity index (χ0) is 10.6. The summed E-state index contributed by atoms with van der Waals surface area (Å²) >= 11 is 0. The molecule has 1 rings (SSSR count). The third-order valence-electron chi connectivity index (χ3n) is 1.98. The molecule has 1 aromatic carbocycles. The molecule has 1 atom stereocenters. The maximum absolute atomic E-state index is 13.2. The van der Waals surface area contributed by atoms with Gasteiger partial charge in [0.2, 0.25) is 0 Å². The van der Waals surface area contributed by atoms with E-state index in [1.54, 1.807) is 6.92 Å². The van der Waals surface area contributed by atoms with E-state index in [1.807, 2.05) is 6.92 Å². The molecular weight excluding hydrogens is 186 g/mol. The Morgan fingerprint density at radius 1 is 1.29 bits per heavy atom. The van der Waals surface area contributed by atoms with Crippen LogP contribution in [0.3, 0.4) is 0 Å². The van der Waals surface area contributed by atoms with Crippen LogP contribution >= 0.6 is 0 Å². The van der Waals surface area contributed by atoms with E-state index >= 15 is 0 Å². The average Bonchev–Trinajstić information content (AvgIpc) is 2.14. The van der Waals surface area contributed by atoms with Crippen LogP contribution in [0.15, 0.2) is 18.2 Å². The zero-order valence-corrected chi connectivity index (χ0v) is 8.39. The van der Waals surface area contributed by atoms with Gasteiger partial charge in [0.1, 0.15) is 11.6 Å². The minimum atomic E-state index is -0.548. The third-order valence-corrected chi connectivity index (χ3v) is 1.98. The molecule has 0 aromatic heterocycles. The van der Waals surface area contributed by atoms with Gasteiger partial charge in [-0.2, -0.15) is 0 Å². The van der Waals surface area contributed by atoms with Crippen LogP contribution in [0, 0.1) is 11.6 Å². The summed E-state index contributed by atoms with van der Waals surface area (Å²) in [4.78, 5) is 0. The fraction of sp³-hybridized carbons (Fsp3) is 0.455. The fourth-order valence-electron chi connectivity index (χ4n) is 1.28. The third kappa shape index (κ3) is 2.51. The topological polar surface area (TPSA) is 9.23 Å². The van der Waals surface area contributed by atoms with Gasteiger partial charge < -0.3 is 4.74 Å². The summed E-state index contributed by atoms with van der Waals surface area (Å²) < 4.78 is 31.7. The van der Waals surface area contributed by atoms with Gasteiger partial charge in [0.15, 0.2) is 0 Å². The normalized spacial score (nSPS) is 12.9. The number of hydrogen-bond acceptors (Lipinski definition) is 1. The number of rotatable bonds is 4. The van der Waals surface area contributed by atoms with E-state index in [9.17, 15) is 8.78 Å². The highest BCUT2D eigenvalue weighted by Gasteiger charge is 2.15. The van der Waals surface area contributed by atoms with Crippen molar-refractivity contribution in [1.82, 2.24) is 0 Å². The standard InChI is InChI=1S/C11H14F2O/c1-3-7-14-8(2)11-9(12)5-4-6-10(11)13/h4-6,8H,3,7H2,1-2H3. The van der Waals surface area contributed by atoms with E-state index in [1.165, 1.54) is 18.2 Å². The van der Waals surface area contributed by atoms with Crippen molar-refractivity contribution in [1.29, 1.82) is 0 Å². The van der Waals surface area contributed by atoms with Crippen LogP contribution < -0.4 is 0 Å². The maximum Gasteiger partial charge on any atom is 0.131 e. The molecule has 1 unspecified atom stereocenters. The zero-order valence-electron chi connectivity index (χ0n) is 8.39. The van der Waals surface area contributed by atoms with Crippen molar-refractivity contribution in [2.75, 3.05) is 6.61 Å². The molecule has 0 fully saturated rings. The average molecular weight is 200 g/mol. The summed E-state index contributed by atoms with van der Waals surface area (Å²) in [7, 11) is 0. The quantitative estimate of drug-likeness (QED) is 0.723. The van der Waals surface area contributed by atoms with Crippen LogP contribution in [0.2, 0.25) is 0 Å². The van der Waals surface area contributed by atoms with Crippen molar-refractivity contribution in [2.24, 2.45) is 0 Å². The van der Waals surface area contributed by atoms with Crippen molar-refractivity contribution in [3.8, 4) is 0 Å². The van der Waals surface area contributed by atoms with Crippen LogP contribution in [-0.2, 0) is 4.74 Å². The Morgan fingerprint density at radius 3 is 2.36 bits per heavy atom. The molecule has 1 aromatic rings.